The number of hydrogen-bond donors (Lipinski definition) is 1. The van der Waals surface area contributed by atoms with Gasteiger partial charge in [-0.25, -0.2) is 4.98 Å². The van der Waals surface area contributed by atoms with Gasteiger partial charge in [-0.1, -0.05) is 30.0 Å². The number of nitrogens with one attached hydrogen (secondary N) is 1. The molecular weight excluding hydrogens is 480 g/mol. The summed E-state index contributed by atoms with van der Waals surface area (Å²) in [4.78, 5) is 36.8. The first-order valence-corrected chi connectivity index (χ1v) is 12.7. The van der Waals surface area contributed by atoms with E-state index in [-0.39, 0.29) is 29.4 Å². The number of thioether (sulfide) groups is 1. The smallest absolute Gasteiger partial charge is 0.283 e. The maximum Gasteiger partial charge on any atom is 0.283 e. The molecule has 1 aliphatic heterocycles. The van der Waals surface area contributed by atoms with Crippen LogP contribution in [-0.4, -0.2) is 70.6 Å². The Morgan fingerprint density at radius 1 is 1.11 bits per heavy atom. The zero-order valence-corrected chi connectivity index (χ0v) is 21.4. The molecule has 2 aromatic carbocycles. The molecule has 0 unspecified atom stereocenters. The highest BCUT2D eigenvalue weighted by Crippen LogP contribution is 2.32. The molecule has 1 aliphatic rings. The standard InChI is InChI=1S/C26H28N4O5S/c1-15-12-29(13-16(2)35-15)22(31)14-36-26-28-23-18-7-5-6-8-19(18)27-24(23)25(32)30(26)17-9-10-20(33-3)21(11-17)34-4/h5-11,15-16,27H,12-14H2,1-4H3/t15-,16-/m1/s1. The van der Waals surface area contributed by atoms with Crippen LogP contribution in [0.5, 0.6) is 11.5 Å². The number of morpholine rings is 1. The monoisotopic (exact) mass is 508 g/mol. The number of nitrogens with zero attached hydrogens (tertiary/aromatic N) is 3. The number of hydrogen-bond acceptors (Lipinski definition) is 7. The fourth-order valence-electron chi connectivity index (χ4n) is 4.63. The third kappa shape index (κ3) is 4.42. The molecule has 1 N–H and O–H groups in total. The van der Waals surface area contributed by atoms with Crippen molar-refractivity contribution in [1.82, 2.24) is 19.4 Å². The van der Waals surface area contributed by atoms with Crippen molar-refractivity contribution >= 4 is 39.6 Å². The molecule has 0 spiro atoms. The fraction of sp³-hybridized carbons (Fsp3) is 0.346. The number of para-hydroxylation sites is 1. The summed E-state index contributed by atoms with van der Waals surface area (Å²) in [5.41, 5.74) is 2.11. The van der Waals surface area contributed by atoms with Crippen molar-refractivity contribution in [3.05, 3.63) is 52.8 Å². The Hall–Kier alpha value is -3.50. The van der Waals surface area contributed by atoms with Gasteiger partial charge in [-0.3, -0.25) is 14.2 Å². The average molecular weight is 509 g/mol. The molecule has 0 bridgehead atoms. The second-order valence-electron chi connectivity index (χ2n) is 8.81. The van der Waals surface area contributed by atoms with Crippen molar-refractivity contribution in [2.75, 3.05) is 33.1 Å². The van der Waals surface area contributed by atoms with Gasteiger partial charge in [0.05, 0.1) is 37.9 Å². The lowest BCUT2D eigenvalue weighted by atomic mass is 10.2. The lowest BCUT2D eigenvalue weighted by Gasteiger charge is -2.35. The normalized spacial score (nSPS) is 18.1. The van der Waals surface area contributed by atoms with Crippen LogP contribution in [0.25, 0.3) is 27.6 Å². The van der Waals surface area contributed by atoms with E-state index in [4.69, 9.17) is 19.2 Å². The quantitative estimate of drug-likeness (QED) is 0.314. The second kappa shape index (κ2) is 9.87. The van der Waals surface area contributed by atoms with E-state index in [2.05, 4.69) is 4.98 Å². The Bertz CT molecular complexity index is 1490. The molecule has 2 atom stereocenters. The number of H-pyrrole nitrogens is 1. The highest BCUT2D eigenvalue weighted by atomic mass is 32.2. The van der Waals surface area contributed by atoms with E-state index >= 15 is 0 Å². The first-order valence-electron chi connectivity index (χ1n) is 11.7. The van der Waals surface area contributed by atoms with Crippen LogP contribution >= 0.6 is 11.8 Å². The van der Waals surface area contributed by atoms with Crippen LogP contribution in [0.1, 0.15) is 13.8 Å². The van der Waals surface area contributed by atoms with Gasteiger partial charge in [-0.2, -0.15) is 0 Å². The predicted molar refractivity (Wildman–Crippen MR) is 140 cm³/mol. The van der Waals surface area contributed by atoms with E-state index < -0.39 is 0 Å². The number of carbonyl (C=O) groups excluding carboxylic acids is 1. The van der Waals surface area contributed by atoms with Crippen LogP contribution in [0.4, 0.5) is 0 Å². The largest absolute Gasteiger partial charge is 0.493 e. The summed E-state index contributed by atoms with van der Waals surface area (Å²) < 4.78 is 18.1. The number of ether oxygens (including phenoxy) is 3. The minimum absolute atomic E-state index is 0.0193. The minimum Gasteiger partial charge on any atom is -0.493 e. The minimum atomic E-state index is -0.257. The summed E-state index contributed by atoms with van der Waals surface area (Å²) in [6.45, 7) is 5.01. The highest BCUT2D eigenvalue weighted by Gasteiger charge is 2.27. The van der Waals surface area contributed by atoms with Crippen molar-refractivity contribution in [1.29, 1.82) is 0 Å². The zero-order chi connectivity index (χ0) is 25.4. The molecule has 9 nitrogen and oxygen atoms in total. The molecule has 1 amide bonds. The topological polar surface area (TPSA) is 98.7 Å². The summed E-state index contributed by atoms with van der Waals surface area (Å²) in [6.07, 6.45) is -0.0401. The molecule has 1 saturated heterocycles. The molecule has 1 fully saturated rings. The number of methoxy groups -OCH3 is 2. The van der Waals surface area contributed by atoms with Gasteiger partial charge in [-0.15, -0.1) is 0 Å². The van der Waals surface area contributed by atoms with Gasteiger partial charge in [0.25, 0.3) is 5.56 Å². The van der Waals surface area contributed by atoms with Crippen molar-refractivity contribution in [2.24, 2.45) is 0 Å². The SMILES string of the molecule is COc1ccc(-n2c(SCC(=O)N3C[C@@H](C)O[C@H](C)C3)nc3c([nH]c4ccccc43)c2=O)cc1OC. The lowest BCUT2D eigenvalue weighted by Crippen LogP contribution is -2.48. The summed E-state index contributed by atoms with van der Waals surface area (Å²) in [5.74, 6) is 1.16. The van der Waals surface area contributed by atoms with Gasteiger partial charge in [0, 0.05) is 30.1 Å². The predicted octanol–water partition coefficient (Wildman–Crippen LogP) is 3.61. The summed E-state index contributed by atoms with van der Waals surface area (Å²) in [6, 6.07) is 12.9. The average Bonchev–Trinajstić information content (AvgIpc) is 3.25. The van der Waals surface area contributed by atoms with E-state index in [9.17, 15) is 9.59 Å². The van der Waals surface area contributed by atoms with E-state index in [1.165, 1.54) is 16.3 Å². The van der Waals surface area contributed by atoms with Crippen LogP contribution < -0.4 is 15.0 Å². The van der Waals surface area contributed by atoms with Gasteiger partial charge >= 0.3 is 0 Å². The van der Waals surface area contributed by atoms with Crippen molar-refractivity contribution in [3.63, 3.8) is 0 Å². The van der Waals surface area contributed by atoms with Crippen molar-refractivity contribution < 1.29 is 19.0 Å². The Kier molecular flexibility index (Phi) is 6.63. The van der Waals surface area contributed by atoms with Crippen LogP contribution in [0.15, 0.2) is 52.4 Å². The summed E-state index contributed by atoms with van der Waals surface area (Å²) in [5, 5.41) is 1.28. The third-order valence-electron chi connectivity index (χ3n) is 6.22. The second-order valence-corrected chi connectivity index (χ2v) is 9.76. The molecule has 0 aliphatic carbocycles. The molecule has 0 radical (unpaired) electrons. The van der Waals surface area contributed by atoms with E-state index in [0.29, 0.717) is 46.5 Å². The molecule has 36 heavy (non-hydrogen) atoms. The van der Waals surface area contributed by atoms with Crippen LogP contribution in [0.2, 0.25) is 0 Å². The van der Waals surface area contributed by atoms with Gasteiger partial charge < -0.3 is 24.1 Å². The van der Waals surface area contributed by atoms with Crippen LogP contribution in [0.3, 0.4) is 0 Å². The Morgan fingerprint density at radius 2 is 1.83 bits per heavy atom. The zero-order valence-electron chi connectivity index (χ0n) is 20.6. The van der Waals surface area contributed by atoms with Gasteiger partial charge in [0.15, 0.2) is 16.7 Å². The molecule has 5 rings (SSSR count). The Labute approximate surface area is 212 Å². The van der Waals surface area contributed by atoms with Crippen molar-refractivity contribution in [3.8, 4) is 17.2 Å². The van der Waals surface area contributed by atoms with E-state index in [0.717, 1.165) is 10.9 Å². The molecule has 3 heterocycles. The van der Waals surface area contributed by atoms with Gasteiger partial charge in [0.2, 0.25) is 5.91 Å². The maximum atomic E-state index is 13.8. The Balaban J connectivity index is 1.59. The first kappa shape index (κ1) is 24.2. The van der Waals surface area contributed by atoms with Crippen LogP contribution in [0, 0.1) is 0 Å². The van der Waals surface area contributed by atoms with Crippen LogP contribution in [-0.2, 0) is 9.53 Å². The number of aromatic amines is 1. The molecule has 188 valence electrons. The summed E-state index contributed by atoms with van der Waals surface area (Å²) in [7, 11) is 3.10. The van der Waals surface area contributed by atoms with Gasteiger partial charge in [-0.05, 0) is 32.0 Å². The molecule has 2 aromatic heterocycles. The van der Waals surface area contributed by atoms with Gasteiger partial charge in [0.1, 0.15) is 11.0 Å². The number of carbonyl (C=O) groups is 1. The summed E-state index contributed by atoms with van der Waals surface area (Å²) >= 11 is 1.24. The molecule has 10 heteroatoms. The fourth-order valence-corrected chi connectivity index (χ4v) is 5.54. The highest BCUT2D eigenvalue weighted by molar-refractivity contribution is 7.99. The van der Waals surface area contributed by atoms with E-state index in [1.54, 1.807) is 32.4 Å². The lowest BCUT2D eigenvalue weighted by molar-refractivity contribution is -0.140. The number of fused-ring (bicyclic) bond motifs is 3. The third-order valence-corrected chi connectivity index (χ3v) is 7.14. The van der Waals surface area contributed by atoms with Crippen molar-refractivity contribution in [2.45, 2.75) is 31.2 Å². The number of aromatic nitrogens is 3. The number of rotatable bonds is 6. The van der Waals surface area contributed by atoms with E-state index in [1.807, 2.05) is 43.0 Å². The molecule has 4 aromatic rings. The molecule has 0 saturated carbocycles. The number of benzene rings is 2. The first-order chi connectivity index (χ1) is 17.4. The maximum absolute atomic E-state index is 13.8. The molecular formula is C26H28N4O5S. The Morgan fingerprint density at radius 3 is 2.56 bits per heavy atom. The number of amides is 1.